The van der Waals surface area contributed by atoms with E-state index >= 15 is 0 Å². The highest BCUT2D eigenvalue weighted by Gasteiger charge is 2.21. The number of carbonyl (C=O) groups excluding carboxylic acids is 1. The molecule has 1 amide bonds. The van der Waals surface area contributed by atoms with E-state index in [1.807, 2.05) is 0 Å². The molecule has 104 valence electrons. The van der Waals surface area contributed by atoms with E-state index in [9.17, 15) is 14.4 Å². The molecule has 0 saturated carbocycles. The number of aromatic nitrogens is 2. The Hall–Kier alpha value is -2.38. The van der Waals surface area contributed by atoms with Gasteiger partial charge in [0.2, 0.25) is 0 Å². The average Bonchev–Trinajstić information content (AvgIpc) is 2.73. The van der Waals surface area contributed by atoms with Crippen LogP contribution in [0.2, 0.25) is 0 Å². The fourth-order valence-corrected chi connectivity index (χ4v) is 1.49. The predicted octanol–water partition coefficient (Wildman–Crippen LogP) is -0.142. The normalized spacial score (nSPS) is 11.8. The second-order valence-corrected chi connectivity index (χ2v) is 4.05. The van der Waals surface area contributed by atoms with Crippen LogP contribution in [0.5, 0.6) is 0 Å². The number of aryl methyl sites for hydroxylation is 1. The summed E-state index contributed by atoms with van der Waals surface area (Å²) in [6, 6.07) is -1.10. The van der Waals surface area contributed by atoms with Crippen LogP contribution in [0.3, 0.4) is 0 Å². The minimum atomic E-state index is -1.19. The van der Waals surface area contributed by atoms with Crippen LogP contribution in [0.1, 0.15) is 29.6 Å². The highest BCUT2D eigenvalue weighted by atomic mass is 16.4. The monoisotopic (exact) mass is 269 g/mol. The zero-order chi connectivity index (χ0) is 14.4. The molecular weight excluding hydrogens is 254 g/mol. The van der Waals surface area contributed by atoms with Gasteiger partial charge in [-0.3, -0.25) is 14.3 Å². The van der Waals surface area contributed by atoms with Crippen LogP contribution >= 0.6 is 0 Å². The fourth-order valence-electron chi connectivity index (χ4n) is 1.49. The molecule has 8 nitrogen and oxygen atoms in total. The second-order valence-electron chi connectivity index (χ2n) is 4.05. The second kappa shape index (κ2) is 6.53. The first-order valence-electron chi connectivity index (χ1n) is 5.64. The van der Waals surface area contributed by atoms with E-state index in [4.69, 9.17) is 10.2 Å². The quantitative estimate of drug-likeness (QED) is 0.633. The molecule has 0 spiro atoms. The third kappa shape index (κ3) is 4.78. The summed E-state index contributed by atoms with van der Waals surface area (Å²) in [5, 5.41) is 23.6. The van der Waals surface area contributed by atoms with Gasteiger partial charge >= 0.3 is 11.9 Å². The Balaban J connectivity index is 2.55. The van der Waals surface area contributed by atoms with Crippen LogP contribution in [0.4, 0.5) is 0 Å². The van der Waals surface area contributed by atoms with Gasteiger partial charge in [0.05, 0.1) is 11.8 Å². The fraction of sp³-hybridized carbons (Fsp3) is 0.455. The lowest BCUT2D eigenvalue weighted by Crippen LogP contribution is -2.40. The van der Waals surface area contributed by atoms with Crippen molar-refractivity contribution in [2.24, 2.45) is 7.05 Å². The van der Waals surface area contributed by atoms with Crippen LogP contribution in [0, 0.1) is 0 Å². The van der Waals surface area contributed by atoms with Crippen molar-refractivity contribution in [2.45, 2.75) is 25.3 Å². The predicted molar refractivity (Wildman–Crippen MR) is 63.6 cm³/mol. The molecular formula is C11H15N3O5. The first-order chi connectivity index (χ1) is 8.90. The topological polar surface area (TPSA) is 122 Å². The number of hydrogen-bond acceptors (Lipinski definition) is 4. The maximum Gasteiger partial charge on any atom is 0.326 e. The molecule has 0 bridgehead atoms. The minimum absolute atomic E-state index is 0.0631. The van der Waals surface area contributed by atoms with E-state index in [1.165, 1.54) is 17.1 Å². The number of rotatable bonds is 7. The Bertz CT molecular complexity index is 482. The molecule has 0 unspecified atom stereocenters. The number of nitrogens with one attached hydrogen (secondary N) is 1. The van der Waals surface area contributed by atoms with Crippen LogP contribution < -0.4 is 5.32 Å². The highest BCUT2D eigenvalue weighted by Crippen LogP contribution is 2.04. The summed E-state index contributed by atoms with van der Waals surface area (Å²) < 4.78 is 1.43. The highest BCUT2D eigenvalue weighted by molar-refractivity contribution is 5.96. The first kappa shape index (κ1) is 14.7. The Morgan fingerprint density at radius 1 is 1.42 bits per heavy atom. The van der Waals surface area contributed by atoms with Crippen molar-refractivity contribution < 1.29 is 24.6 Å². The molecule has 0 aromatic carbocycles. The van der Waals surface area contributed by atoms with E-state index < -0.39 is 23.9 Å². The number of carboxylic acids is 2. The van der Waals surface area contributed by atoms with E-state index in [1.54, 1.807) is 7.05 Å². The molecule has 8 heteroatoms. The molecule has 0 radical (unpaired) electrons. The van der Waals surface area contributed by atoms with Crippen molar-refractivity contribution in [1.82, 2.24) is 15.1 Å². The Labute approximate surface area is 109 Å². The molecule has 1 aromatic rings. The van der Waals surface area contributed by atoms with Crippen LogP contribution in [-0.2, 0) is 16.6 Å². The molecule has 3 N–H and O–H groups in total. The largest absolute Gasteiger partial charge is 0.481 e. The van der Waals surface area contributed by atoms with Gasteiger partial charge in [0.1, 0.15) is 6.04 Å². The van der Waals surface area contributed by atoms with Gasteiger partial charge in [-0.2, -0.15) is 5.10 Å². The lowest BCUT2D eigenvalue weighted by atomic mass is 10.1. The lowest BCUT2D eigenvalue weighted by Gasteiger charge is -2.13. The number of carboxylic acid groups (broad SMARTS) is 2. The summed E-state index contributed by atoms with van der Waals surface area (Å²) >= 11 is 0. The van der Waals surface area contributed by atoms with Crippen LogP contribution in [0.15, 0.2) is 12.4 Å². The molecule has 1 atom stereocenters. The van der Waals surface area contributed by atoms with E-state index in [-0.39, 0.29) is 24.8 Å². The Morgan fingerprint density at radius 2 is 2.11 bits per heavy atom. The van der Waals surface area contributed by atoms with Gasteiger partial charge in [-0.1, -0.05) is 0 Å². The summed E-state index contributed by atoms with van der Waals surface area (Å²) in [6.45, 7) is 0. The first-order valence-corrected chi connectivity index (χ1v) is 5.64. The maximum absolute atomic E-state index is 11.7. The summed E-state index contributed by atoms with van der Waals surface area (Å²) in [7, 11) is 1.64. The SMILES string of the molecule is Cn1cc(C(=O)N[C@H](CCCC(=O)O)C(=O)O)cn1. The minimum Gasteiger partial charge on any atom is -0.481 e. The van der Waals surface area contributed by atoms with Gasteiger partial charge in [0, 0.05) is 19.7 Å². The summed E-state index contributed by atoms with van der Waals surface area (Å²) in [6.07, 6.45) is 2.90. The van der Waals surface area contributed by atoms with Gasteiger partial charge in [-0.05, 0) is 12.8 Å². The molecule has 19 heavy (non-hydrogen) atoms. The molecule has 0 aliphatic carbocycles. The Morgan fingerprint density at radius 3 is 2.58 bits per heavy atom. The Kier molecular flexibility index (Phi) is 5.04. The van der Waals surface area contributed by atoms with Crippen molar-refractivity contribution in [3.8, 4) is 0 Å². The van der Waals surface area contributed by atoms with E-state index in [0.717, 1.165) is 0 Å². The van der Waals surface area contributed by atoms with Crippen molar-refractivity contribution in [3.05, 3.63) is 18.0 Å². The van der Waals surface area contributed by atoms with Crippen molar-refractivity contribution in [2.75, 3.05) is 0 Å². The van der Waals surface area contributed by atoms with Crippen LogP contribution in [0.25, 0.3) is 0 Å². The van der Waals surface area contributed by atoms with E-state index in [0.29, 0.717) is 0 Å². The average molecular weight is 269 g/mol. The molecule has 1 aromatic heterocycles. The standard InChI is InChI=1S/C11H15N3O5/c1-14-6-7(5-12-14)10(17)13-8(11(18)19)3-2-4-9(15)16/h5-6,8H,2-4H2,1H3,(H,13,17)(H,15,16)(H,18,19)/t8-/m1/s1. The molecule has 1 rings (SSSR count). The zero-order valence-electron chi connectivity index (χ0n) is 10.4. The van der Waals surface area contributed by atoms with Gasteiger partial charge in [0.15, 0.2) is 0 Å². The summed E-state index contributed by atoms with van der Waals surface area (Å²) in [5.41, 5.74) is 0.256. The number of aliphatic carboxylic acids is 2. The number of carbonyl (C=O) groups is 3. The lowest BCUT2D eigenvalue weighted by molar-refractivity contribution is -0.140. The number of nitrogens with zero attached hydrogens (tertiary/aromatic N) is 2. The van der Waals surface area contributed by atoms with Crippen LogP contribution in [-0.4, -0.2) is 43.9 Å². The number of hydrogen-bond donors (Lipinski definition) is 3. The van der Waals surface area contributed by atoms with Gasteiger partial charge in [-0.25, -0.2) is 4.79 Å². The van der Waals surface area contributed by atoms with E-state index in [2.05, 4.69) is 10.4 Å². The van der Waals surface area contributed by atoms with Crippen molar-refractivity contribution in [1.29, 1.82) is 0 Å². The summed E-state index contributed by atoms with van der Waals surface area (Å²) in [4.78, 5) is 33.0. The molecule has 0 fully saturated rings. The van der Waals surface area contributed by atoms with Crippen molar-refractivity contribution >= 4 is 17.8 Å². The smallest absolute Gasteiger partial charge is 0.326 e. The summed E-state index contributed by atoms with van der Waals surface area (Å²) in [5.74, 6) is -2.74. The molecule has 0 saturated heterocycles. The molecule has 1 heterocycles. The third-order valence-electron chi connectivity index (χ3n) is 2.45. The van der Waals surface area contributed by atoms with Gasteiger partial charge in [-0.15, -0.1) is 0 Å². The molecule has 0 aliphatic heterocycles. The maximum atomic E-state index is 11.7. The van der Waals surface area contributed by atoms with Gasteiger partial charge in [0.25, 0.3) is 5.91 Å². The third-order valence-corrected chi connectivity index (χ3v) is 2.45. The number of amides is 1. The van der Waals surface area contributed by atoms with Gasteiger partial charge < -0.3 is 15.5 Å². The van der Waals surface area contributed by atoms with Crippen molar-refractivity contribution in [3.63, 3.8) is 0 Å². The molecule has 0 aliphatic rings. The zero-order valence-corrected chi connectivity index (χ0v) is 10.4.